The van der Waals surface area contributed by atoms with Crippen molar-refractivity contribution in [2.45, 2.75) is 19.4 Å². The summed E-state index contributed by atoms with van der Waals surface area (Å²) in [5.74, 6) is 0.225. The number of aliphatic hydroxyl groups is 1. The highest BCUT2D eigenvalue weighted by Crippen LogP contribution is 2.27. The van der Waals surface area contributed by atoms with Crippen molar-refractivity contribution in [3.05, 3.63) is 28.8 Å². The van der Waals surface area contributed by atoms with Crippen LogP contribution >= 0.6 is 11.6 Å². The van der Waals surface area contributed by atoms with Crippen molar-refractivity contribution in [2.24, 2.45) is 5.92 Å². The van der Waals surface area contributed by atoms with Crippen molar-refractivity contribution in [1.82, 2.24) is 4.90 Å². The van der Waals surface area contributed by atoms with Gasteiger partial charge in [-0.15, -0.1) is 0 Å². The second-order valence-corrected chi connectivity index (χ2v) is 5.16. The van der Waals surface area contributed by atoms with Crippen LogP contribution in [0.15, 0.2) is 18.2 Å². The number of rotatable bonds is 2. The van der Waals surface area contributed by atoms with Crippen LogP contribution in [0.25, 0.3) is 0 Å². The Morgan fingerprint density at radius 3 is 2.94 bits per heavy atom. The van der Waals surface area contributed by atoms with Gasteiger partial charge >= 0.3 is 0 Å². The van der Waals surface area contributed by atoms with Crippen LogP contribution in [-0.4, -0.2) is 35.1 Å². The van der Waals surface area contributed by atoms with Crippen LogP contribution in [0.2, 0.25) is 5.02 Å². The number of nitrogens with zero attached hydrogens (tertiary/aromatic N) is 1. The minimum atomic E-state index is -0.103. The van der Waals surface area contributed by atoms with Gasteiger partial charge in [-0.25, -0.2) is 0 Å². The zero-order valence-corrected chi connectivity index (χ0v) is 11.0. The molecule has 4 nitrogen and oxygen atoms in total. The Hall–Kier alpha value is -1.26. The van der Waals surface area contributed by atoms with Gasteiger partial charge in [0.1, 0.15) is 0 Å². The van der Waals surface area contributed by atoms with Crippen molar-refractivity contribution in [2.75, 3.05) is 18.9 Å². The van der Waals surface area contributed by atoms with Crippen molar-refractivity contribution < 1.29 is 9.90 Å². The van der Waals surface area contributed by atoms with Crippen LogP contribution in [0.3, 0.4) is 0 Å². The topological polar surface area (TPSA) is 66.6 Å². The molecule has 0 bridgehead atoms. The Morgan fingerprint density at radius 1 is 1.61 bits per heavy atom. The Kier molecular flexibility index (Phi) is 3.78. The molecule has 1 amide bonds. The van der Waals surface area contributed by atoms with Gasteiger partial charge in [0.05, 0.1) is 23.4 Å². The van der Waals surface area contributed by atoms with Gasteiger partial charge in [0.25, 0.3) is 5.91 Å². The summed E-state index contributed by atoms with van der Waals surface area (Å²) < 4.78 is 0. The molecule has 98 valence electrons. The third-order valence-corrected chi connectivity index (χ3v) is 3.91. The summed E-state index contributed by atoms with van der Waals surface area (Å²) in [7, 11) is 0. The summed E-state index contributed by atoms with van der Waals surface area (Å²) in [6.07, 6.45) is 0.916. The Morgan fingerprint density at radius 2 is 2.33 bits per heavy atom. The van der Waals surface area contributed by atoms with Gasteiger partial charge < -0.3 is 15.7 Å². The lowest BCUT2D eigenvalue weighted by atomic mass is 10.0. The molecule has 1 aliphatic heterocycles. The molecule has 1 fully saturated rings. The Balaban J connectivity index is 2.23. The summed E-state index contributed by atoms with van der Waals surface area (Å²) in [6.45, 7) is 2.72. The number of amides is 1. The van der Waals surface area contributed by atoms with Crippen LogP contribution in [0.5, 0.6) is 0 Å². The lowest BCUT2D eigenvalue weighted by molar-refractivity contribution is 0.0648. The number of carbonyl (C=O) groups is 1. The van der Waals surface area contributed by atoms with Crippen LogP contribution in [0.4, 0.5) is 5.69 Å². The first kappa shape index (κ1) is 13.2. The molecule has 0 aromatic heterocycles. The van der Waals surface area contributed by atoms with Gasteiger partial charge in [-0.2, -0.15) is 0 Å². The number of hydrogen-bond donors (Lipinski definition) is 2. The van der Waals surface area contributed by atoms with E-state index in [1.165, 1.54) is 0 Å². The van der Waals surface area contributed by atoms with Crippen LogP contribution < -0.4 is 5.73 Å². The van der Waals surface area contributed by atoms with E-state index < -0.39 is 0 Å². The molecule has 0 spiro atoms. The Bertz CT molecular complexity index is 464. The molecule has 1 aliphatic rings. The standard InChI is InChI=1S/C13H17ClN2O2/c1-8-4-5-16(12(8)7-17)13(18)9-2-3-11(15)10(14)6-9/h2-3,6,8,12,17H,4-5,7,15H2,1H3. The van der Waals surface area contributed by atoms with Crippen molar-refractivity contribution in [1.29, 1.82) is 0 Å². The maximum atomic E-state index is 12.3. The minimum Gasteiger partial charge on any atom is -0.398 e. The molecule has 2 rings (SSSR count). The van der Waals surface area contributed by atoms with Crippen molar-refractivity contribution in [3.63, 3.8) is 0 Å². The summed E-state index contributed by atoms with van der Waals surface area (Å²) in [5.41, 5.74) is 6.60. The van der Waals surface area contributed by atoms with E-state index in [0.29, 0.717) is 28.7 Å². The lowest BCUT2D eigenvalue weighted by Crippen LogP contribution is -2.39. The number of halogens is 1. The van der Waals surface area contributed by atoms with Crippen LogP contribution in [-0.2, 0) is 0 Å². The van der Waals surface area contributed by atoms with Crippen LogP contribution in [0.1, 0.15) is 23.7 Å². The van der Waals surface area contributed by atoms with Crippen molar-refractivity contribution in [3.8, 4) is 0 Å². The van der Waals surface area contributed by atoms with E-state index in [0.717, 1.165) is 6.42 Å². The van der Waals surface area contributed by atoms with E-state index >= 15 is 0 Å². The fourth-order valence-electron chi connectivity index (χ4n) is 2.36. The molecule has 0 radical (unpaired) electrons. The maximum Gasteiger partial charge on any atom is 0.254 e. The highest BCUT2D eigenvalue weighted by atomic mass is 35.5. The molecule has 18 heavy (non-hydrogen) atoms. The second kappa shape index (κ2) is 5.16. The van der Waals surface area contributed by atoms with E-state index in [-0.39, 0.29) is 18.6 Å². The number of carbonyl (C=O) groups excluding carboxylic acids is 1. The quantitative estimate of drug-likeness (QED) is 0.804. The molecular formula is C13H17ClN2O2. The van der Waals surface area contributed by atoms with Gasteiger partial charge in [-0.1, -0.05) is 18.5 Å². The monoisotopic (exact) mass is 268 g/mol. The van der Waals surface area contributed by atoms with Gasteiger partial charge in [-0.3, -0.25) is 4.79 Å². The molecule has 1 saturated heterocycles. The average molecular weight is 269 g/mol. The number of benzene rings is 1. The molecule has 2 unspecified atom stereocenters. The first-order chi connectivity index (χ1) is 8.54. The normalized spacial score (nSPS) is 23.4. The molecule has 1 aromatic carbocycles. The number of nitrogen functional groups attached to an aromatic ring is 1. The zero-order valence-electron chi connectivity index (χ0n) is 10.3. The molecule has 1 aromatic rings. The van der Waals surface area contributed by atoms with Gasteiger partial charge in [0.2, 0.25) is 0 Å². The fraction of sp³-hybridized carbons (Fsp3) is 0.462. The molecule has 3 N–H and O–H groups in total. The van der Waals surface area contributed by atoms with Gasteiger partial charge in [0.15, 0.2) is 0 Å². The first-order valence-corrected chi connectivity index (χ1v) is 6.39. The first-order valence-electron chi connectivity index (χ1n) is 6.01. The number of likely N-dealkylation sites (tertiary alicyclic amines) is 1. The highest BCUT2D eigenvalue weighted by Gasteiger charge is 2.34. The number of nitrogens with two attached hydrogens (primary N) is 1. The molecular weight excluding hydrogens is 252 g/mol. The summed E-state index contributed by atoms with van der Waals surface area (Å²) >= 11 is 5.92. The molecule has 2 atom stereocenters. The van der Waals surface area contributed by atoms with Gasteiger partial charge in [0, 0.05) is 12.1 Å². The molecule has 1 heterocycles. The molecule has 0 saturated carbocycles. The average Bonchev–Trinajstić information content (AvgIpc) is 2.73. The van der Waals surface area contributed by atoms with E-state index in [9.17, 15) is 9.90 Å². The largest absolute Gasteiger partial charge is 0.398 e. The van der Waals surface area contributed by atoms with E-state index in [1.54, 1.807) is 23.1 Å². The fourth-order valence-corrected chi connectivity index (χ4v) is 2.55. The molecule has 5 heteroatoms. The summed E-state index contributed by atoms with van der Waals surface area (Å²) in [5, 5.41) is 9.74. The number of anilines is 1. The van der Waals surface area contributed by atoms with E-state index in [4.69, 9.17) is 17.3 Å². The maximum absolute atomic E-state index is 12.3. The Labute approximate surface area is 111 Å². The summed E-state index contributed by atoms with van der Waals surface area (Å²) in [4.78, 5) is 14.1. The number of aliphatic hydroxyl groups excluding tert-OH is 1. The van der Waals surface area contributed by atoms with Crippen LogP contribution in [0, 0.1) is 5.92 Å². The minimum absolute atomic E-state index is 0.00435. The summed E-state index contributed by atoms with van der Waals surface area (Å²) in [6, 6.07) is 4.77. The van der Waals surface area contributed by atoms with E-state index in [1.807, 2.05) is 6.92 Å². The zero-order chi connectivity index (χ0) is 13.3. The van der Waals surface area contributed by atoms with E-state index in [2.05, 4.69) is 0 Å². The third kappa shape index (κ3) is 2.31. The highest BCUT2D eigenvalue weighted by molar-refractivity contribution is 6.33. The SMILES string of the molecule is CC1CCN(C(=O)c2ccc(N)c(Cl)c2)C1CO. The predicted molar refractivity (Wildman–Crippen MR) is 71.6 cm³/mol. The molecule has 0 aliphatic carbocycles. The number of hydrogen-bond acceptors (Lipinski definition) is 3. The van der Waals surface area contributed by atoms with Gasteiger partial charge in [-0.05, 0) is 30.5 Å². The lowest BCUT2D eigenvalue weighted by Gasteiger charge is -2.25. The third-order valence-electron chi connectivity index (χ3n) is 3.58. The van der Waals surface area contributed by atoms with Crippen molar-refractivity contribution >= 4 is 23.2 Å². The second-order valence-electron chi connectivity index (χ2n) is 4.75. The predicted octanol–water partition coefficient (Wildman–Crippen LogP) is 1.77. The smallest absolute Gasteiger partial charge is 0.254 e.